The Morgan fingerprint density at radius 2 is 1.91 bits per heavy atom. The molecule has 124 valence electrons. The van der Waals surface area contributed by atoms with Gasteiger partial charge in [-0.1, -0.05) is 18.6 Å². The predicted octanol–water partition coefficient (Wildman–Crippen LogP) is 3.12. The molecular formula is C19H25NO3. The molecule has 4 rings (SSSR count). The summed E-state index contributed by atoms with van der Waals surface area (Å²) in [7, 11) is 0. The molecule has 0 N–H and O–H groups in total. The van der Waals surface area contributed by atoms with Crippen molar-refractivity contribution in [2.45, 2.75) is 38.2 Å². The maximum atomic E-state index is 12.9. The highest BCUT2D eigenvalue weighted by molar-refractivity contribution is 5.97. The van der Waals surface area contributed by atoms with E-state index in [-0.39, 0.29) is 12.0 Å². The van der Waals surface area contributed by atoms with Gasteiger partial charge in [0.2, 0.25) is 0 Å². The van der Waals surface area contributed by atoms with Gasteiger partial charge in [-0.2, -0.15) is 0 Å². The molecule has 23 heavy (non-hydrogen) atoms. The van der Waals surface area contributed by atoms with Gasteiger partial charge in [0.15, 0.2) is 0 Å². The van der Waals surface area contributed by atoms with Crippen molar-refractivity contribution in [2.75, 3.05) is 26.3 Å². The molecule has 3 aliphatic rings. The van der Waals surface area contributed by atoms with Gasteiger partial charge in [0, 0.05) is 19.7 Å². The molecule has 1 aliphatic carbocycles. The molecule has 0 spiro atoms. The topological polar surface area (TPSA) is 38.8 Å². The Kier molecular flexibility index (Phi) is 4.25. The Labute approximate surface area is 137 Å². The summed E-state index contributed by atoms with van der Waals surface area (Å²) < 4.78 is 11.5. The van der Waals surface area contributed by atoms with Gasteiger partial charge in [0.1, 0.15) is 12.4 Å². The Bertz CT molecular complexity index is 555. The maximum Gasteiger partial charge on any atom is 0.257 e. The number of carbonyl (C=O) groups is 1. The quantitative estimate of drug-likeness (QED) is 0.857. The van der Waals surface area contributed by atoms with E-state index in [2.05, 4.69) is 0 Å². The average Bonchev–Trinajstić information content (AvgIpc) is 3.29. The molecule has 3 atom stereocenters. The second-order valence-corrected chi connectivity index (χ2v) is 7.10. The summed E-state index contributed by atoms with van der Waals surface area (Å²) in [5.41, 5.74) is 0.700. The summed E-state index contributed by atoms with van der Waals surface area (Å²) in [6, 6.07) is 7.64. The van der Waals surface area contributed by atoms with E-state index in [0.29, 0.717) is 17.9 Å². The van der Waals surface area contributed by atoms with Crippen LogP contribution in [-0.4, -0.2) is 43.2 Å². The first-order valence-electron chi connectivity index (χ1n) is 8.94. The second kappa shape index (κ2) is 6.52. The lowest BCUT2D eigenvalue weighted by Gasteiger charge is -2.20. The summed E-state index contributed by atoms with van der Waals surface area (Å²) in [4.78, 5) is 14.9. The Hall–Kier alpha value is -1.55. The summed E-state index contributed by atoms with van der Waals surface area (Å²) in [6.07, 6.45) is 6.22. The fraction of sp³-hybridized carbons (Fsp3) is 0.632. The van der Waals surface area contributed by atoms with Gasteiger partial charge in [-0.05, 0) is 49.7 Å². The third-order valence-corrected chi connectivity index (χ3v) is 5.58. The van der Waals surface area contributed by atoms with E-state index in [1.807, 2.05) is 29.2 Å². The van der Waals surface area contributed by atoms with Crippen molar-refractivity contribution in [2.24, 2.45) is 11.8 Å². The zero-order chi connectivity index (χ0) is 15.6. The monoisotopic (exact) mass is 315 g/mol. The van der Waals surface area contributed by atoms with Crippen LogP contribution >= 0.6 is 0 Å². The Balaban J connectivity index is 1.44. The lowest BCUT2D eigenvalue weighted by Crippen LogP contribution is -2.30. The third kappa shape index (κ3) is 3.09. The van der Waals surface area contributed by atoms with Gasteiger partial charge in [-0.25, -0.2) is 0 Å². The molecule has 2 aliphatic heterocycles. The number of carbonyl (C=O) groups excluding carboxylic acids is 1. The zero-order valence-corrected chi connectivity index (χ0v) is 13.6. The van der Waals surface area contributed by atoms with Gasteiger partial charge in [-0.15, -0.1) is 0 Å². The fourth-order valence-corrected chi connectivity index (χ4v) is 4.30. The van der Waals surface area contributed by atoms with Crippen LogP contribution in [0.5, 0.6) is 5.75 Å². The summed E-state index contributed by atoms with van der Waals surface area (Å²) in [5, 5.41) is 0. The minimum absolute atomic E-state index is 0.127. The average molecular weight is 315 g/mol. The maximum absolute atomic E-state index is 12.9. The van der Waals surface area contributed by atoms with Gasteiger partial charge in [0.05, 0.1) is 11.7 Å². The largest absolute Gasteiger partial charge is 0.490 e. The van der Waals surface area contributed by atoms with E-state index in [4.69, 9.17) is 9.47 Å². The van der Waals surface area contributed by atoms with Gasteiger partial charge in [-0.3, -0.25) is 4.79 Å². The van der Waals surface area contributed by atoms with Crippen molar-refractivity contribution in [3.63, 3.8) is 0 Å². The molecule has 1 aromatic carbocycles. The van der Waals surface area contributed by atoms with Crippen LogP contribution in [-0.2, 0) is 4.74 Å². The van der Waals surface area contributed by atoms with Crippen LogP contribution in [0.1, 0.15) is 42.5 Å². The highest BCUT2D eigenvalue weighted by Gasteiger charge is 2.38. The molecule has 0 bridgehead atoms. The van der Waals surface area contributed by atoms with Crippen molar-refractivity contribution < 1.29 is 14.3 Å². The van der Waals surface area contributed by atoms with Gasteiger partial charge >= 0.3 is 0 Å². The summed E-state index contributed by atoms with van der Waals surface area (Å²) in [6.45, 7) is 3.20. The molecule has 2 heterocycles. The number of para-hydroxylation sites is 1. The number of ether oxygens (including phenoxy) is 2. The molecule has 0 radical (unpaired) electrons. The molecule has 2 saturated heterocycles. The molecule has 1 saturated carbocycles. The molecule has 1 aromatic rings. The molecule has 3 fully saturated rings. The first-order chi connectivity index (χ1) is 11.3. The third-order valence-electron chi connectivity index (χ3n) is 5.58. The first kappa shape index (κ1) is 15.0. The van der Waals surface area contributed by atoms with Crippen molar-refractivity contribution in [3.05, 3.63) is 29.8 Å². The lowest BCUT2D eigenvalue weighted by molar-refractivity contribution is 0.0655. The van der Waals surface area contributed by atoms with Crippen molar-refractivity contribution in [1.29, 1.82) is 0 Å². The van der Waals surface area contributed by atoms with E-state index < -0.39 is 0 Å². The predicted molar refractivity (Wildman–Crippen MR) is 87.6 cm³/mol. The number of hydrogen-bond donors (Lipinski definition) is 0. The van der Waals surface area contributed by atoms with Crippen LogP contribution in [0, 0.1) is 11.8 Å². The van der Waals surface area contributed by atoms with Crippen LogP contribution in [0.4, 0.5) is 0 Å². The molecule has 4 heteroatoms. The standard InChI is InChI=1S/C19H25NO3/c21-19(20-11-14-5-3-6-15(14)12-20)17-8-1-2-9-18(17)23-13-16-7-4-10-22-16/h1-2,8-9,14-16H,3-7,10-13H2/t14-,15-,16+/m1/s1. The number of rotatable bonds is 4. The number of fused-ring (bicyclic) bond motifs is 1. The van der Waals surface area contributed by atoms with Crippen LogP contribution < -0.4 is 4.74 Å². The highest BCUT2D eigenvalue weighted by Crippen LogP contribution is 2.38. The smallest absolute Gasteiger partial charge is 0.257 e. The van der Waals surface area contributed by atoms with Gasteiger partial charge in [0.25, 0.3) is 5.91 Å². The number of benzene rings is 1. The molecule has 0 aromatic heterocycles. The van der Waals surface area contributed by atoms with E-state index in [1.165, 1.54) is 19.3 Å². The highest BCUT2D eigenvalue weighted by atomic mass is 16.5. The number of amides is 1. The minimum Gasteiger partial charge on any atom is -0.490 e. The first-order valence-corrected chi connectivity index (χ1v) is 8.94. The van der Waals surface area contributed by atoms with Crippen LogP contribution in [0.15, 0.2) is 24.3 Å². The van der Waals surface area contributed by atoms with Crippen molar-refractivity contribution in [3.8, 4) is 5.75 Å². The SMILES string of the molecule is O=C(c1ccccc1OC[C@@H]1CCCO1)N1C[C@H]2CCC[C@@H]2C1. The van der Waals surface area contributed by atoms with Crippen LogP contribution in [0.2, 0.25) is 0 Å². The van der Waals surface area contributed by atoms with Crippen LogP contribution in [0.3, 0.4) is 0 Å². The fourth-order valence-electron chi connectivity index (χ4n) is 4.30. The number of nitrogens with zero attached hydrogens (tertiary/aromatic N) is 1. The summed E-state index contributed by atoms with van der Waals surface area (Å²) in [5.74, 6) is 2.27. The molecular weight excluding hydrogens is 290 g/mol. The van der Waals surface area contributed by atoms with E-state index >= 15 is 0 Å². The van der Waals surface area contributed by atoms with Crippen molar-refractivity contribution >= 4 is 5.91 Å². The van der Waals surface area contributed by atoms with E-state index in [0.717, 1.165) is 44.4 Å². The Morgan fingerprint density at radius 3 is 2.65 bits per heavy atom. The molecule has 0 unspecified atom stereocenters. The lowest BCUT2D eigenvalue weighted by atomic mass is 10.0. The van der Waals surface area contributed by atoms with Crippen molar-refractivity contribution in [1.82, 2.24) is 4.90 Å². The number of hydrogen-bond acceptors (Lipinski definition) is 3. The van der Waals surface area contributed by atoms with E-state index in [9.17, 15) is 4.79 Å². The number of likely N-dealkylation sites (tertiary alicyclic amines) is 1. The zero-order valence-electron chi connectivity index (χ0n) is 13.6. The van der Waals surface area contributed by atoms with E-state index in [1.54, 1.807) is 0 Å². The second-order valence-electron chi connectivity index (χ2n) is 7.10. The minimum atomic E-state index is 0.127. The molecule has 4 nitrogen and oxygen atoms in total. The Morgan fingerprint density at radius 1 is 1.13 bits per heavy atom. The van der Waals surface area contributed by atoms with Crippen LogP contribution in [0.25, 0.3) is 0 Å². The normalized spacial score (nSPS) is 29.7. The summed E-state index contributed by atoms with van der Waals surface area (Å²) >= 11 is 0. The molecule has 1 amide bonds. The van der Waals surface area contributed by atoms with Gasteiger partial charge < -0.3 is 14.4 Å².